The van der Waals surface area contributed by atoms with E-state index in [1.165, 1.54) is 31.3 Å². The number of rotatable bonds is 5. The van der Waals surface area contributed by atoms with Crippen LogP contribution >= 0.6 is 0 Å². The molecule has 0 saturated heterocycles. The van der Waals surface area contributed by atoms with Crippen LogP contribution in [0.5, 0.6) is 0 Å². The van der Waals surface area contributed by atoms with Gasteiger partial charge in [-0.2, -0.15) is 0 Å². The molecule has 0 aliphatic heterocycles. The van der Waals surface area contributed by atoms with Crippen LogP contribution in [0, 0.1) is 29.1 Å². The van der Waals surface area contributed by atoms with Crippen molar-refractivity contribution < 1.29 is 15.3 Å². The summed E-state index contributed by atoms with van der Waals surface area (Å²) in [6, 6.07) is 0. The molecule has 3 nitrogen and oxygen atoms in total. The van der Waals surface area contributed by atoms with E-state index in [1.54, 1.807) is 0 Å². The predicted molar refractivity (Wildman–Crippen MR) is 128 cm³/mol. The summed E-state index contributed by atoms with van der Waals surface area (Å²) in [5, 5.41) is 30.4. The molecule has 3 saturated carbocycles. The fourth-order valence-electron chi connectivity index (χ4n) is 6.32. The van der Waals surface area contributed by atoms with Crippen LogP contribution < -0.4 is 0 Å². The van der Waals surface area contributed by atoms with E-state index in [0.29, 0.717) is 36.0 Å². The third-order valence-corrected chi connectivity index (χ3v) is 8.75. The minimum absolute atomic E-state index is 0.141. The Morgan fingerprint density at radius 3 is 2.52 bits per heavy atom. The minimum atomic E-state index is -0.684. The lowest BCUT2D eigenvalue weighted by molar-refractivity contribution is 0.0436. The number of fused-ring (bicyclic) bond motifs is 1. The maximum Gasteiger partial charge on any atom is 0.0811 e. The van der Waals surface area contributed by atoms with Crippen LogP contribution in [0.15, 0.2) is 47.6 Å². The molecule has 3 aliphatic rings. The zero-order chi connectivity index (χ0) is 23.0. The van der Waals surface area contributed by atoms with Gasteiger partial charge in [-0.15, -0.1) is 0 Å². The summed E-state index contributed by atoms with van der Waals surface area (Å²) in [5.74, 6) is 1.91. The largest absolute Gasteiger partial charge is 0.393 e. The first-order chi connectivity index (χ1) is 14.4. The molecule has 0 aromatic rings. The Bertz CT molecular complexity index is 753. The second-order valence-corrected chi connectivity index (χ2v) is 11.4. The van der Waals surface area contributed by atoms with Gasteiger partial charge in [0.25, 0.3) is 0 Å². The van der Waals surface area contributed by atoms with E-state index in [-0.39, 0.29) is 5.92 Å². The summed E-state index contributed by atoms with van der Waals surface area (Å²) in [7, 11) is 0. The highest BCUT2D eigenvalue weighted by Gasteiger charge is 2.50. The lowest BCUT2D eigenvalue weighted by Gasteiger charge is -2.44. The summed E-state index contributed by atoms with van der Waals surface area (Å²) in [6.07, 6.45) is 15.0. The molecule has 0 radical (unpaired) electrons. The molecule has 0 aromatic carbocycles. The van der Waals surface area contributed by atoms with E-state index in [9.17, 15) is 15.3 Å². The van der Waals surface area contributed by atoms with Gasteiger partial charge in [-0.25, -0.2) is 0 Å². The first kappa shape index (κ1) is 24.5. The van der Waals surface area contributed by atoms with Crippen molar-refractivity contribution >= 4 is 0 Å². The molecule has 0 spiro atoms. The number of allylic oxidation sites excluding steroid dienone is 4. The van der Waals surface area contributed by atoms with Gasteiger partial charge in [-0.1, -0.05) is 57.2 Å². The van der Waals surface area contributed by atoms with Gasteiger partial charge in [0.2, 0.25) is 0 Å². The standard InChI is InChI=1S/C28H44O3/c1-18(9-10-19(2)27(4,5)31)24-13-14-25-21(8-7-15-28(24,25)6)11-12-22-16-23(29)17-26(30)20(22)3/h9-12,18-19,23-26,29-31H,3,7-8,13-17H2,1-2,4-6H3/b10-9+,21-11+,22-12-/t18-,19+,23-,24-,25-,26+,28-/m1/s1. The van der Waals surface area contributed by atoms with Gasteiger partial charge in [-0.05, 0) is 86.7 Å². The van der Waals surface area contributed by atoms with Crippen molar-refractivity contribution in [2.45, 2.75) is 97.4 Å². The number of aliphatic hydroxyl groups is 3. The van der Waals surface area contributed by atoms with Crippen LogP contribution in [-0.2, 0) is 0 Å². The molecule has 0 amide bonds. The monoisotopic (exact) mass is 428 g/mol. The van der Waals surface area contributed by atoms with Crippen molar-refractivity contribution in [1.29, 1.82) is 0 Å². The van der Waals surface area contributed by atoms with E-state index < -0.39 is 17.8 Å². The van der Waals surface area contributed by atoms with E-state index in [2.05, 4.69) is 51.7 Å². The first-order valence-corrected chi connectivity index (χ1v) is 12.3. The maximum absolute atomic E-state index is 10.3. The molecule has 174 valence electrons. The minimum Gasteiger partial charge on any atom is -0.393 e. The Labute approximate surface area is 189 Å². The van der Waals surface area contributed by atoms with Crippen molar-refractivity contribution in [3.8, 4) is 0 Å². The van der Waals surface area contributed by atoms with Crippen LogP contribution in [-0.4, -0.2) is 33.1 Å². The molecular formula is C28H44O3. The average molecular weight is 429 g/mol. The number of aliphatic hydroxyl groups excluding tert-OH is 2. The fraction of sp³-hybridized carbons (Fsp3) is 0.714. The molecule has 3 N–H and O–H groups in total. The molecule has 0 unspecified atom stereocenters. The quantitative estimate of drug-likeness (QED) is 0.490. The molecule has 3 rings (SSSR count). The Morgan fingerprint density at radius 2 is 1.84 bits per heavy atom. The molecule has 0 heterocycles. The molecular weight excluding hydrogens is 384 g/mol. The molecule has 0 bridgehead atoms. The number of hydrogen-bond donors (Lipinski definition) is 3. The van der Waals surface area contributed by atoms with Gasteiger partial charge in [0.05, 0.1) is 17.8 Å². The molecule has 3 heteroatoms. The Hall–Kier alpha value is -1.16. The zero-order valence-corrected chi connectivity index (χ0v) is 20.3. The van der Waals surface area contributed by atoms with Crippen molar-refractivity contribution in [3.63, 3.8) is 0 Å². The second kappa shape index (κ2) is 9.37. The second-order valence-electron chi connectivity index (χ2n) is 11.4. The van der Waals surface area contributed by atoms with Crippen molar-refractivity contribution in [2.24, 2.45) is 29.1 Å². The van der Waals surface area contributed by atoms with Crippen LogP contribution in [0.3, 0.4) is 0 Å². The van der Waals surface area contributed by atoms with Crippen LogP contribution in [0.2, 0.25) is 0 Å². The van der Waals surface area contributed by atoms with Gasteiger partial charge in [-0.3, -0.25) is 0 Å². The third kappa shape index (κ3) is 5.26. The number of hydrogen-bond acceptors (Lipinski definition) is 3. The van der Waals surface area contributed by atoms with E-state index in [1.807, 2.05) is 13.8 Å². The summed E-state index contributed by atoms with van der Waals surface area (Å²) in [5.41, 5.74) is 2.93. The summed E-state index contributed by atoms with van der Waals surface area (Å²) < 4.78 is 0. The van der Waals surface area contributed by atoms with Crippen molar-refractivity contribution in [2.75, 3.05) is 0 Å². The SMILES string of the molecule is C=C1/C(=C\C=C2/CCC[C@@]3(C)[C@@H]2CC[C@@H]3[C@H](C)/C=C/[C@H](C)C(C)(C)O)C[C@@H](O)C[C@@H]1O. The van der Waals surface area contributed by atoms with Gasteiger partial charge in [0, 0.05) is 12.3 Å². The molecule has 3 fully saturated rings. The topological polar surface area (TPSA) is 60.7 Å². The van der Waals surface area contributed by atoms with Gasteiger partial charge in [0.15, 0.2) is 0 Å². The maximum atomic E-state index is 10.3. The van der Waals surface area contributed by atoms with Gasteiger partial charge < -0.3 is 15.3 Å². The molecule has 7 atom stereocenters. The van der Waals surface area contributed by atoms with Crippen molar-refractivity contribution in [3.05, 3.63) is 47.6 Å². The first-order valence-electron chi connectivity index (χ1n) is 12.3. The predicted octanol–water partition coefficient (Wildman–Crippen LogP) is 5.73. The fourth-order valence-corrected chi connectivity index (χ4v) is 6.32. The van der Waals surface area contributed by atoms with Crippen LogP contribution in [0.4, 0.5) is 0 Å². The molecule has 3 aliphatic carbocycles. The highest BCUT2D eigenvalue weighted by molar-refractivity contribution is 5.38. The molecule has 0 aromatic heterocycles. The average Bonchev–Trinajstić information content (AvgIpc) is 3.04. The normalized spacial score (nSPS) is 39.3. The van der Waals surface area contributed by atoms with E-state index in [0.717, 1.165) is 17.6 Å². The van der Waals surface area contributed by atoms with Crippen LogP contribution in [0.1, 0.15) is 79.6 Å². The Balaban J connectivity index is 1.76. The van der Waals surface area contributed by atoms with Crippen molar-refractivity contribution in [1.82, 2.24) is 0 Å². The Kier molecular flexibility index (Phi) is 7.40. The zero-order valence-electron chi connectivity index (χ0n) is 20.3. The molecule has 31 heavy (non-hydrogen) atoms. The third-order valence-electron chi connectivity index (χ3n) is 8.75. The van der Waals surface area contributed by atoms with Gasteiger partial charge in [0.1, 0.15) is 0 Å². The van der Waals surface area contributed by atoms with E-state index >= 15 is 0 Å². The Morgan fingerprint density at radius 1 is 1.13 bits per heavy atom. The summed E-state index contributed by atoms with van der Waals surface area (Å²) in [4.78, 5) is 0. The van der Waals surface area contributed by atoms with E-state index in [4.69, 9.17) is 0 Å². The van der Waals surface area contributed by atoms with Gasteiger partial charge >= 0.3 is 0 Å². The highest BCUT2D eigenvalue weighted by Crippen LogP contribution is 2.59. The lowest BCUT2D eigenvalue weighted by atomic mass is 9.61. The smallest absolute Gasteiger partial charge is 0.0811 e. The highest BCUT2D eigenvalue weighted by atomic mass is 16.3. The summed E-state index contributed by atoms with van der Waals surface area (Å²) in [6.45, 7) is 14.7. The lowest BCUT2D eigenvalue weighted by Crippen LogP contribution is -2.35. The summed E-state index contributed by atoms with van der Waals surface area (Å²) >= 11 is 0. The van der Waals surface area contributed by atoms with Crippen LogP contribution in [0.25, 0.3) is 0 Å².